The van der Waals surface area contributed by atoms with E-state index < -0.39 is 24.5 Å². The zero-order chi connectivity index (χ0) is 39.6. The Hall–Kier alpha value is -6.57. The summed E-state index contributed by atoms with van der Waals surface area (Å²) in [5.41, 5.74) is 3.24. The van der Waals surface area contributed by atoms with Gasteiger partial charge in [-0.3, -0.25) is 4.57 Å². The minimum Gasteiger partial charge on any atom is -0.508 e. The van der Waals surface area contributed by atoms with Crippen molar-refractivity contribution < 1.29 is 35.1 Å². The van der Waals surface area contributed by atoms with Crippen molar-refractivity contribution in [2.45, 2.75) is 62.9 Å². The molecular formula is C38H42N12O7. The summed E-state index contributed by atoms with van der Waals surface area (Å²) < 4.78 is 7.73. The van der Waals surface area contributed by atoms with Crippen LogP contribution in [0.4, 0.5) is 16.6 Å². The fourth-order valence-electron chi connectivity index (χ4n) is 7.15. The van der Waals surface area contributed by atoms with Gasteiger partial charge in [-0.25, -0.2) is 9.78 Å². The summed E-state index contributed by atoms with van der Waals surface area (Å²) in [5.74, 6) is 0.973. The third-order valence-corrected chi connectivity index (χ3v) is 10.2. The summed E-state index contributed by atoms with van der Waals surface area (Å²) in [6, 6.07) is 19.9. The lowest BCUT2D eigenvalue weighted by Crippen LogP contribution is -2.43. The van der Waals surface area contributed by atoms with Gasteiger partial charge in [0.25, 0.3) is 0 Å². The minimum absolute atomic E-state index is 0.118. The number of aryl methyl sites for hydroxylation is 1. The Kier molecular flexibility index (Phi) is 10.4. The van der Waals surface area contributed by atoms with Gasteiger partial charge < -0.3 is 51.1 Å². The van der Waals surface area contributed by atoms with E-state index in [4.69, 9.17) is 14.7 Å². The number of tetrazole rings is 1. The second-order valence-corrected chi connectivity index (χ2v) is 14.0. The SMILES string of the molecule is CCn1nnc([C@H]2O[C@@H](n3cnc4c(NCC(c5ccc(O)cc5)c5ccc(O)cc5)nc(N5CC[C@@H](NC(=O)NCc6cccc(O)c6)C5)nc43)[C@H](O)[C@@H]2O)n1. The first-order valence-electron chi connectivity index (χ1n) is 18.6. The molecule has 2 aliphatic rings. The van der Waals surface area contributed by atoms with E-state index in [2.05, 4.69) is 36.3 Å². The van der Waals surface area contributed by atoms with Crippen molar-refractivity contribution in [3.63, 3.8) is 0 Å². The number of aliphatic hydroxyl groups excluding tert-OH is 2. The number of aromatic hydroxyl groups is 3. The Morgan fingerprint density at radius 1 is 0.947 bits per heavy atom. The molecule has 3 aromatic carbocycles. The average Bonchev–Trinajstić information content (AvgIpc) is 4.03. The molecule has 0 bridgehead atoms. The summed E-state index contributed by atoms with van der Waals surface area (Å²) in [6.45, 7) is 3.77. The lowest BCUT2D eigenvalue weighted by Gasteiger charge is -2.22. The number of anilines is 2. The summed E-state index contributed by atoms with van der Waals surface area (Å²) >= 11 is 0. The van der Waals surface area contributed by atoms with E-state index in [1.807, 2.05) is 42.2 Å². The van der Waals surface area contributed by atoms with E-state index >= 15 is 0 Å². The van der Waals surface area contributed by atoms with Crippen molar-refractivity contribution >= 4 is 29.0 Å². The van der Waals surface area contributed by atoms with Gasteiger partial charge in [0.05, 0.1) is 12.9 Å². The molecule has 57 heavy (non-hydrogen) atoms. The molecule has 5 heterocycles. The summed E-state index contributed by atoms with van der Waals surface area (Å²) in [4.78, 5) is 30.6. The second kappa shape index (κ2) is 15.9. The van der Waals surface area contributed by atoms with Gasteiger partial charge in [-0.2, -0.15) is 14.8 Å². The number of nitrogens with one attached hydrogen (secondary N) is 3. The number of fused-ring (bicyclic) bond motifs is 1. The molecule has 19 heteroatoms. The zero-order valence-electron chi connectivity index (χ0n) is 30.8. The number of aliphatic hydroxyl groups is 2. The van der Waals surface area contributed by atoms with E-state index in [1.54, 1.807) is 47.0 Å². The minimum atomic E-state index is -1.40. The number of benzene rings is 3. The summed E-state index contributed by atoms with van der Waals surface area (Å²) in [6.07, 6.45) is -2.89. The van der Waals surface area contributed by atoms with Gasteiger partial charge in [0, 0.05) is 38.1 Å². The van der Waals surface area contributed by atoms with Gasteiger partial charge >= 0.3 is 6.03 Å². The predicted molar refractivity (Wildman–Crippen MR) is 204 cm³/mol. The van der Waals surface area contributed by atoms with Crippen molar-refractivity contribution in [1.82, 2.24) is 50.4 Å². The molecule has 8 N–H and O–H groups in total. The molecule has 5 atom stereocenters. The standard InChI is InChI=1S/C38H42N12O7/c1-2-50-46-34(45-47-50)32-30(54)31(55)36(57-32)49-20-41-29-33(39-18-28(22-6-10-25(51)11-7-22)23-8-12-26(52)13-9-23)43-37(44-35(29)49)48-15-14-24(19-48)42-38(56)40-17-21-4-3-5-27(53)16-21/h3-13,16,20,24,28,30-32,36,51-55H,2,14-15,17-19H2,1H3,(H,39,43,44)(H2,40,42,56)/t24-,30+,31-,32+,36-/m1/s1. The van der Waals surface area contributed by atoms with Crippen LogP contribution in [0.15, 0.2) is 79.1 Å². The molecule has 19 nitrogen and oxygen atoms in total. The largest absolute Gasteiger partial charge is 0.508 e. The van der Waals surface area contributed by atoms with E-state index in [0.717, 1.165) is 16.7 Å². The monoisotopic (exact) mass is 778 g/mol. The first kappa shape index (κ1) is 37.4. The molecule has 3 aromatic heterocycles. The molecule has 2 saturated heterocycles. The molecule has 0 saturated carbocycles. The molecule has 2 fully saturated rings. The highest BCUT2D eigenvalue weighted by Gasteiger charge is 2.47. The van der Waals surface area contributed by atoms with Crippen LogP contribution in [-0.2, 0) is 17.8 Å². The van der Waals surface area contributed by atoms with Gasteiger partial charge in [-0.1, -0.05) is 36.4 Å². The number of rotatable bonds is 12. The van der Waals surface area contributed by atoms with Crippen molar-refractivity contribution in [1.29, 1.82) is 0 Å². The Balaban J connectivity index is 1.08. The van der Waals surface area contributed by atoms with Crippen LogP contribution in [0.1, 0.15) is 54.1 Å². The highest BCUT2D eigenvalue weighted by Crippen LogP contribution is 2.39. The van der Waals surface area contributed by atoms with Crippen LogP contribution in [0.25, 0.3) is 11.2 Å². The maximum atomic E-state index is 12.9. The molecule has 0 aliphatic carbocycles. The lowest BCUT2D eigenvalue weighted by atomic mass is 9.91. The van der Waals surface area contributed by atoms with Crippen LogP contribution in [0.3, 0.4) is 0 Å². The van der Waals surface area contributed by atoms with E-state index in [1.165, 1.54) is 11.1 Å². The van der Waals surface area contributed by atoms with Gasteiger partial charge in [-0.05, 0) is 71.6 Å². The van der Waals surface area contributed by atoms with E-state index in [9.17, 15) is 30.3 Å². The van der Waals surface area contributed by atoms with Crippen LogP contribution in [0.5, 0.6) is 17.2 Å². The van der Waals surface area contributed by atoms with E-state index in [0.29, 0.717) is 55.5 Å². The molecule has 6 aromatic rings. The number of urea groups is 1. The van der Waals surface area contributed by atoms with Crippen molar-refractivity contribution in [2.24, 2.45) is 0 Å². The smallest absolute Gasteiger partial charge is 0.315 e. The number of hydrogen-bond donors (Lipinski definition) is 8. The van der Waals surface area contributed by atoms with E-state index in [-0.39, 0.29) is 47.6 Å². The molecule has 0 radical (unpaired) electrons. The van der Waals surface area contributed by atoms with Crippen molar-refractivity contribution in [2.75, 3.05) is 29.9 Å². The molecule has 0 unspecified atom stereocenters. The Morgan fingerprint density at radius 2 is 1.68 bits per heavy atom. The normalized spacial score (nSPS) is 20.7. The quantitative estimate of drug-likeness (QED) is 0.0887. The number of carbonyl (C=O) groups is 1. The van der Waals surface area contributed by atoms with Crippen molar-refractivity contribution in [3.05, 3.63) is 102 Å². The number of aromatic nitrogens is 8. The molecule has 2 aliphatic heterocycles. The van der Waals surface area contributed by atoms with Gasteiger partial charge in [0.1, 0.15) is 29.5 Å². The number of phenols is 3. The number of phenolic OH excluding ortho intramolecular Hbond substituents is 3. The van der Waals surface area contributed by atoms with Crippen LogP contribution in [0.2, 0.25) is 0 Å². The number of nitrogens with zero attached hydrogens (tertiary/aromatic N) is 9. The topological polar surface area (TPSA) is 254 Å². The summed E-state index contributed by atoms with van der Waals surface area (Å²) in [5, 5.41) is 73.7. The maximum Gasteiger partial charge on any atom is 0.315 e. The zero-order valence-corrected chi connectivity index (χ0v) is 30.8. The number of hydrogen-bond acceptors (Lipinski definition) is 15. The number of ether oxygens (including phenoxy) is 1. The first-order chi connectivity index (χ1) is 27.6. The highest BCUT2D eigenvalue weighted by molar-refractivity contribution is 5.84. The third-order valence-electron chi connectivity index (χ3n) is 10.2. The fraction of sp³-hybridized carbons (Fsp3) is 0.342. The Labute approximate surface area is 325 Å². The third kappa shape index (κ3) is 7.93. The van der Waals surface area contributed by atoms with Crippen LogP contribution in [0, 0.1) is 0 Å². The predicted octanol–water partition coefficient (Wildman–Crippen LogP) is 2.26. The lowest BCUT2D eigenvalue weighted by molar-refractivity contribution is -0.0384. The number of amides is 2. The fourth-order valence-corrected chi connectivity index (χ4v) is 7.15. The van der Waals surface area contributed by atoms with Crippen LogP contribution < -0.4 is 20.9 Å². The van der Waals surface area contributed by atoms with Gasteiger partial charge in [0.2, 0.25) is 11.8 Å². The number of carbonyl (C=O) groups excluding carboxylic acids is 1. The highest BCUT2D eigenvalue weighted by atomic mass is 16.6. The van der Waals surface area contributed by atoms with Gasteiger partial charge in [0.15, 0.2) is 29.3 Å². The number of imidazole rings is 1. The Bertz CT molecular complexity index is 2290. The summed E-state index contributed by atoms with van der Waals surface area (Å²) in [7, 11) is 0. The second-order valence-electron chi connectivity index (χ2n) is 14.0. The molecule has 296 valence electrons. The Morgan fingerprint density at radius 3 is 2.37 bits per heavy atom. The van der Waals surface area contributed by atoms with Crippen molar-refractivity contribution in [3.8, 4) is 17.2 Å². The van der Waals surface area contributed by atoms with Gasteiger partial charge in [-0.15, -0.1) is 10.2 Å². The first-order valence-corrected chi connectivity index (χ1v) is 18.6. The maximum absolute atomic E-state index is 12.9. The molecule has 0 spiro atoms. The average molecular weight is 779 g/mol. The molecule has 2 amide bonds. The molecule has 8 rings (SSSR count). The molecular weight excluding hydrogens is 736 g/mol. The van der Waals surface area contributed by atoms with Crippen LogP contribution >= 0.6 is 0 Å². The van der Waals surface area contributed by atoms with Crippen LogP contribution in [-0.4, -0.2) is 109 Å².